The number of nitrogens with zero attached hydrogens (tertiary/aromatic N) is 5. The van der Waals surface area contributed by atoms with Crippen molar-refractivity contribution < 1.29 is 13.7 Å². The molecule has 9 nitrogen and oxygen atoms in total. The van der Waals surface area contributed by atoms with Gasteiger partial charge >= 0.3 is 0 Å². The highest BCUT2D eigenvalue weighted by atomic mass is 19.1. The van der Waals surface area contributed by atoms with Gasteiger partial charge in [-0.05, 0) is 37.3 Å². The van der Waals surface area contributed by atoms with Crippen molar-refractivity contribution in [2.24, 2.45) is 0 Å². The van der Waals surface area contributed by atoms with Crippen molar-refractivity contribution >= 4 is 33.5 Å². The molecule has 0 saturated carbocycles. The van der Waals surface area contributed by atoms with Crippen LogP contribution in [0.2, 0.25) is 0 Å². The van der Waals surface area contributed by atoms with Gasteiger partial charge in [0, 0.05) is 17.5 Å². The van der Waals surface area contributed by atoms with Crippen LogP contribution < -0.4 is 10.9 Å². The Hall–Kier alpha value is -4.34. The fourth-order valence-corrected chi connectivity index (χ4v) is 3.87. The molecular weight excluding hydrogens is 439 g/mol. The highest BCUT2D eigenvalue weighted by Gasteiger charge is 2.20. The van der Waals surface area contributed by atoms with E-state index in [0.29, 0.717) is 34.4 Å². The van der Waals surface area contributed by atoms with Gasteiger partial charge in [-0.25, -0.2) is 9.37 Å². The number of benzene rings is 2. The van der Waals surface area contributed by atoms with Gasteiger partial charge in [-0.1, -0.05) is 29.8 Å². The monoisotopic (exact) mass is 460 g/mol. The number of nitrogens with one attached hydrogen (secondary N) is 1. The molecule has 1 N–H and O–H groups in total. The maximum Gasteiger partial charge on any atom is 0.278 e. The molecule has 2 aromatic carbocycles. The van der Waals surface area contributed by atoms with Crippen LogP contribution in [0, 0.1) is 12.7 Å². The molecule has 1 amide bonds. The lowest BCUT2D eigenvalue weighted by Crippen LogP contribution is -2.25. The van der Waals surface area contributed by atoms with Crippen LogP contribution in [0.1, 0.15) is 24.2 Å². The molecule has 0 spiro atoms. The molecule has 0 saturated heterocycles. The standard InChI is InChI=1S/C24H21FN6O3/c1-3-19-28-21(34-29-19)12-30-13-26-22-17-10-15(25)6-9-18(17)31(23(22)24(30)33)11-20(32)27-16-7-4-14(2)5-8-16/h4-10,13H,3,11-12H2,1-2H3,(H,27,32). The second-order valence-corrected chi connectivity index (χ2v) is 7.99. The summed E-state index contributed by atoms with van der Waals surface area (Å²) in [6.07, 6.45) is 1.97. The summed E-state index contributed by atoms with van der Waals surface area (Å²) in [7, 11) is 0. The van der Waals surface area contributed by atoms with E-state index in [1.54, 1.807) is 22.8 Å². The molecule has 172 valence electrons. The first kappa shape index (κ1) is 21.5. The molecule has 0 atom stereocenters. The van der Waals surface area contributed by atoms with E-state index in [-0.39, 0.29) is 30.4 Å². The zero-order chi connectivity index (χ0) is 23.8. The van der Waals surface area contributed by atoms with Gasteiger partial charge in [0.25, 0.3) is 5.56 Å². The summed E-state index contributed by atoms with van der Waals surface area (Å²) in [5.74, 6) is 0.0197. The van der Waals surface area contributed by atoms with Gasteiger partial charge in [0.15, 0.2) is 5.82 Å². The number of carbonyl (C=O) groups is 1. The lowest BCUT2D eigenvalue weighted by atomic mass is 10.2. The number of fused-ring (bicyclic) bond motifs is 3. The number of aromatic nitrogens is 5. The molecule has 3 aromatic heterocycles. The number of hydrogen-bond acceptors (Lipinski definition) is 6. The fraction of sp³-hybridized carbons (Fsp3) is 0.208. The molecule has 5 rings (SSSR count). The van der Waals surface area contributed by atoms with Crippen LogP contribution in [0.5, 0.6) is 0 Å². The van der Waals surface area contributed by atoms with Crippen LogP contribution in [0.4, 0.5) is 10.1 Å². The Balaban J connectivity index is 1.58. The van der Waals surface area contributed by atoms with Gasteiger partial charge < -0.3 is 14.4 Å². The normalized spacial score (nSPS) is 11.4. The Morgan fingerprint density at radius 2 is 1.97 bits per heavy atom. The summed E-state index contributed by atoms with van der Waals surface area (Å²) < 4.78 is 22.1. The zero-order valence-corrected chi connectivity index (χ0v) is 18.6. The number of carbonyl (C=O) groups excluding carboxylic acids is 1. The van der Waals surface area contributed by atoms with Crippen molar-refractivity contribution in [2.75, 3.05) is 5.32 Å². The summed E-state index contributed by atoms with van der Waals surface area (Å²) in [6.45, 7) is 3.73. The van der Waals surface area contributed by atoms with Gasteiger partial charge in [0.2, 0.25) is 11.8 Å². The average molecular weight is 460 g/mol. The van der Waals surface area contributed by atoms with Gasteiger partial charge in [-0.3, -0.25) is 14.2 Å². The maximum atomic E-state index is 14.0. The molecular formula is C24H21FN6O3. The molecule has 0 aliphatic rings. The minimum absolute atomic E-state index is 0.0280. The third-order valence-electron chi connectivity index (χ3n) is 5.56. The van der Waals surface area contributed by atoms with E-state index >= 15 is 0 Å². The zero-order valence-electron chi connectivity index (χ0n) is 18.6. The summed E-state index contributed by atoms with van der Waals surface area (Å²) in [6, 6.07) is 11.5. The number of anilines is 1. The minimum atomic E-state index is -0.459. The Labute approximate surface area is 192 Å². The van der Waals surface area contributed by atoms with Crippen molar-refractivity contribution in [3.8, 4) is 0 Å². The van der Waals surface area contributed by atoms with E-state index in [9.17, 15) is 14.0 Å². The molecule has 5 aromatic rings. The molecule has 0 aliphatic heterocycles. The maximum absolute atomic E-state index is 14.0. The summed E-state index contributed by atoms with van der Waals surface area (Å²) in [5, 5.41) is 7.13. The first-order valence-electron chi connectivity index (χ1n) is 10.8. The molecule has 3 heterocycles. The summed E-state index contributed by atoms with van der Waals surface area (Å²) >= 11 is 0. The van der Waals surface area contributed by atoms with E-state index in [1.165, 1.54) is 23.0 Å². The van der Waals surface area contributed by atoms with Crippen LogP contribution in [0.3, 0.4) is 0 Å². The SMILES string of the molecule is CCc1noc(Cn2cnc3c4cc(F)ccc4n(CC(=O)Nc4ccc(C)cc4)c3c2=O)n1. The minimum Gasteiger partial charge on any atom is -0.337 e. The second kappa shape index (κ2) is 8.54. The Kier molecular flexibility index (Phi) is 5.40. The molecule has 34 heavy (non-hydrogen) atoms. The number of halogens is 1. The fourth-order valence-electron chi connectivity index (χ4n) is 3.87. The highest BCUT2D eigenvalue weighted by Crippen LogP contribution is 2.26. The summed E-state index contributed by atoms with van der Waals surface area (Å²) in [5.41, 5.74) is 2.35. The molecule has 0 radical (unpaired) electrons. The van der Waals surface area contributed by atoms with Crippen LogP contribution in [0.25, 0.3) is 21.9 Å². The first-order chi connectivity index (χ1) is 16.4. The predicted octanol–water partition coefficient (Wildman–Crippen LogP) is 3.43. The van der Waals surface area contributed by atoms with Crippen LogP contribution in [-0.2, 0) is 24.3 Å². The number of aryl methyl sites for hydroxylation is 2. The number of amides is 1. The van der Waals surface area contributed by atoms with E-state index in [1.807, 2.05) is 26.0 Å². The van der Waals surface area contributed by atoms with Crippen LogP contribution in [0.15, 0.2) is 58.1 Å². The lowest BCUT2D eigenvalue weighted by Gasteiger charge is -2.09. The molecule has 0 fully saturated rings. The lowest BCUT2D eigenvalue weighted by molar-refractivity contribution is -0.116. The second-order valence-electron chi connectivity index (χ2n) is 7.99. The van der Waals surface area contributed by atoms with E-state index in [0.717, 1.165) is 5.56 Å². The van der Waals surface area contributed by atoms with Gasteiger partial charge in [0.05, 0.1) is 11.8 Å². The van der Waals surface area contributed by atoms with E-state index < -0.39 is 11.4 Å². The van der Waals surface area contributed by atoms with Crippen molar-refractivity contribution in [1.29, 1.82) is 0 Å². The van der Waals surface area contributed by atoms with Crippen molar-refractivity contribution in [3.05, 3.63) is 82.2 Å². The van der Waals surface area contributed by atoms with Gasteiger partial charge in [0.1, 0.15) is 29.9 Å². The van der Waals surface area contributed by atoms with Gasteiger partial charge in [-0.15, -0.1) is 0 Å². The smallest absolute Gasteiger partial charge is 0.278 e. The van der Waals surface area contributed by atoms with Crippen molar-refractivity contribution in [1.82, 2.24) is 24.3 Å². The van der Waals surface area contributed by atoms with Crippen molar-refractivity contribution in [2.45, 2.75) is 33.4 Å². The Morgan fingerprint density at radius 1 is 1.18 bits per heavy atom. The predicted molar refractivity (Wildman–Crippen MR) is 124 cm³/mol. The topological polar surface area (TPSA) is 108 Å². The van der Waals surface area contributed by atoms with Crippen LogP contribution in [-0.4, -0.2) is 30.2 Å². The van der Waals surface area contributed by atoms with Crippen molar-refractivity contribution in [3.63, 3.8) is 0 Å². The van der Waals surface area contributed by atoms with Gasteiger partial charge in [-0.2, -0.15) is 4.98 Å². The Bertz CT molecular complexity index is 1580. The third-order valence-corrected chi connectivity index (χ3v) is 5.56. The number of rotatable bonds is 6. The Morgan fingerprint density at radius 3 is 2.71 bits per heavy atom. The third kappa shape index (κ3) is 3.94. The first-order valence-corrected chi connectivity index (χ1v) is 10.8. The summed E-state index contributed by atoms with van der Waals surface area (Å²) in [4.78, 5) is 35.0. The molecule has 0 unspecified atom stereocenters. The molecule has 0 bridgehead atoms. The molecule has 10 heteroatoms. The van der Waals surface area contributed by atoms with E-state index in [2.05, 4.69) is 20.4 Å². The highest BCUT2D eigenvalue weighted by molar-refractivity contribution is 6.06. The largest absolute Gasteiger partial charge is 0.337 e. The quantitative estimate of drug-likeness (QED) is 0.416. The number of hydrogen-bond donors (Lipinski definition) is 1. The average Bonchev–Trinajstić information content (AvgIpc) is 3.40. The van der Waals surface area contributed by atoms with Crippen LogP contribution >= 0.6 is 0 Å². The molecule has 0 aliphatic carbocycles. The van der Waals surface area contributed by atoms with E-state index in [4.69, 9.17) is 4.52 Å².